The van der Waals surface area contributed by atoms with Gasteiger partial charge in [0, 0.05) is 11.1 Å². The molecular formula is C10H5NO. The molecule has 0 N–H and O–H groups in total. The summed E-state index contributed by atoms with van der Waals surface area (Å²) in [5.41, 5.74) is 1.39. The molecule has 0 bridgehead atoms. The summed E-state index contributed by atoms with van der Waals surface area (Å²) in [5, 5.41) is 8.54. The number of nitrogens with zero attached hydrogens (tertiary/aromatic N) is 1. The molecule has 0 aromatic heterocycles. The number of benzene rings is 1. The molecule has 1 rings (SSSR count). The lowest BCUT2D eigenvalue weighted by Crippen LogP contribution is -1.85. The molecule has 1 aromatic carbocycles. The fraction of sp³-hybridized carbons (Fsp3) is 0. The van der Waals surface area contributed by atoms with E-state index in [1.807, 2.05) is 6.07 Å². The van der Waals surface area contributed by atoms with E-state index in [0.717, 1.165) is 0 Å². The third-order valence-corrected chi connectivity index (χ3v) is 1.39. The second-order valence-electron chi connectivity index (χ2n) is 2.22. The smallest absolute Gasteiger partial charge is 0.150 e. The van der Waals surface area contributed by atoms with E-state index in [0.29, 0.717) is 23.0 Å². The summed E-state index contributed by atoms with van der Waals surface area (Å²) in [7, 11) is 0. The summed E-state index contributed by atoms with van der Waals surface area (Å²) < 4.78 is 0. The van der Waals surface area contributed by atoms with Crippen molar-refractivity contribution in [3.05, 3.63) is 34.9 Å². The van der Waals surface area contributed by atoms with Crippen molar-refractivity contribution in [2.75, 3.05) is 0 Å². The number of hydrogen-bond donors (Lipinski definition) is 0. The van der Waals surface area contributed by atoms with E-state index >= 15 is 0 Å². The summed E-state index contributed by atoms with van der Waals surface area (Å²) in [6.07, 6.45) is 5.79. The molecule has 12 heavy (non-hydrogen) atoms. The van der Waals surface area contributed by atoms with Crippen LogP contribution in [0.4, 0.5) is 0 Å². The highest BCUT2D eigenvalue weighted by Crippen LogP contribution is 2.06. The SMILES string of the molecule is C#Cc1cc(C#N)cc(C=O)c1. The second-order valence-corrected chi connectivity index (χ2v) is 2.22. The van der Waals surface area contributed by atoms with Crippen LogP contribution in [0, 0.1) is 23.7 Å². The van der Waals surface area contributed by atoms with Crippen LogP contribution in [-0.4, -0.2) is 6.29 Å². The molecule has 1 aromatic rings. The molecule has 0 saturated heterocycles. The predicted molar refractivity (Wildman–Crippen MR) is 44.5 cm³/mol. The van der Waals surface area contributed by atoms with E-state index in [1.54, 1.807) is 12.1 Å². The Morgan fingerprint density at radius 3 is 2.50 bits per heavy atom. The van der Waals surface area contributed by atoms with E-state index in [4.69, 9.17) is 11.7 Å². The zero-order chi connectivity index (χ0) is 8.97. The summed E-state index contributed by atoms with van der Waals surface area (Å²) >= 11 is 0. The zero-order valence-corrected chi connectivity index (χ0v) is 6.24. The molecule has 0 heterocycles. The van der Waals surface area contributed by atoms with E-state index in [2.05, 4.69) is 5.92 Å². The minimum atomic E-state index is 0.410. The van der Waals surface area contributed by atoms with Crippen molar-refractivity contribution in [3.8, 4) is 18.4 Å². The lowest BCUT2D eigenvalue weighted by Gasteiger charge is -1.93. The van der Waals surface area contributed by atoms with Crippen molar-refractivity contribution in [1.82, 2.24) is 0 Å². The van der Waals surface area contributed by atoms with Crippen LogP contribution in [0.25, 0.3) is 0 Å². The fourth-order valence-electron chi connectivity index (χ4n) is 0.868. The van der Waals surface area contributed by atoms with Crippen molar-refractivity contribution in [2.45, 2.75) is 0 Å². The van der Waals surface area contributed by atoms with Crippen molar-refractivity contribution in [3.63, 3.8) is 0 Å². The minimum Gasteiger partial charge on any atom is -0.298 e. The van der Waals surface area contributed by atoms with Gasteiger partial charge in [-0.05, 0) is 18.2 Å². The fourth-order valence-corrected chi connectivity index (χ4v) is 0.868. The van der Waals surface area contributed by atoms with Gasteiger partial charge in [0.15, 0.2) is 0 Å². The quantitative estimate of drug-likeness (QED) is 0.453. The molecule has 0 radical (unpaired) electrons. The standard InChI is InChI=1S/C10H5NO/c1-2-8-3-9(6-11)5-10(4-8)7-12/h1,3-5,7H. The second kappa shape index (κ2) is 3.37. The minimum absolute atomic E-state index is 0.410. The molecule has 56 valence electrons. The first-order valence-corrected chi connectivity index (χ1v) is 3.27. The maximum Gasteiger partial charge on any atom is 0.150 e. The Morgan fingerprint density at radius 2 is 2.00 bits per heavy atom. The first-order chi connectivity index (χ1) is 5.80. The third-order valence-electron chi connectivity index (χ3n) is 1.39. The Hall–Kier alpha value is -2.06. The van der Waals surface area contributed by atoms with Crippen molar-refractivity contribution < 1.29 is 4.79 Å². The van der Waals surface area contributed by atoms with Gasteiger partial charge >= 0.3 is 0 Å². The van der Waals surface area contributed by atoms with E-state index in [9.17, 15) is 4.79 Å². The summed E-state index contributed by atoms with van der Waals surface area (Å²) in [6.45, 7) is 0. The van der Waals surface area contributed by atoms with Crippen LogP contribution in [0.3, 0.4) is 0 Å². The number of nitriles is 1. The Labute approximate surface area is 70.4 Å². The van der Waals surface area contributed by atoms with E-state index in [1.165, 1.54) is 6.07 Å². The van der Waals surface area contributed by atoms with Crippen molar-refractivity contribution >= 4 is 6.29 Å². The van der Waals surface area contributed by atoms with Gasteiger partial charge in [0.25, 0.3) is 0 Å². The van der Waals surface area contributed by atoms with Crippen molar-refractivity contribution in [2.24, 2.45) is 0 Å². The number of carbonyl (C=O) groups is 1. The highest BCUT2D eigenvalue weighted by molar-refractivity contribution is 5.76. The van der Waals surface area contributed by atoms with Gasteiger partial charge < -0.3 is 0 Å². The summed E-state index contributed by atoms with van der Waals surface area (Å²) in [4.78, 5) is 10.4. The highest BCUT2D eigenvalue weighted by atomic mass is 16.1. The Morgan fingerprint density at radius 1 is 1.33 bits per heavy atom. The maximum atomic E-state index is 10.4. The maximum absolute atomic E-state index is 10.4. The lowest BCUT2D eigenvalue weighted by molar-refractivity contribution is 0.112. The molecule has 2 heteroatoms. The topological polar surface area (TPSA) is 40.9 Å². The van der Waals surface area contributed by atoms with Crippen LogP contribution >= 0.6 is 0 Å². The predicted octanol–water partition coefficient (Wildman–Crippen LogP) is 1.35. The Kier molecular flexibility index (Phi) is 2.26. The molecular weight excluding hydrogens is 150 g/mol. The summed E-state index contributed by atoms with van der Waals surface area (Å²) in [6, 6.07) is 6.54. The van der Waals surface area contributed by atoms with Crippen LogP contribution in [0.5, 0.6) is 0 Å². The van der Waals surface area contributed by atoms with Gasteiger partial charge in [-0.3, -0.25) is 4.79 Å². The average Bonchev–Trinajstić information content (AvgIpc) is 2.16. The molecule has 0 aliphatic heterocycles. The summed E-state index contributed by atoms with van der Waals surface area (Å²) in [5.74, 6) is 2.37. The van der Waals surface area contributed by atoms with E-state index in [-0.39, 0.29) is 0 Å². The van der Waals surface area contributed by atoms with Crippen LogP contribution in [-0.2, 0) is 0 Å². The van der Waals surface area contributed by atoms with Gasteiger partial charge in [-0.25, -0.2) is 0 Å². The zero-order valence-electron chi connectivity index (χ0n) is 6.24. The first-order valence-electron chi connectivity index (χ1n) is 3.27. The monoisotopic (exact) mass is 155 g/mol. The number of rotatable bonds is 1. The van der Waals surface area contributed by atoms with Gasteiger partial charge in [-0.1, -0.05) is 5.92 Å². The molecule has 0 unspecified atom stereocenters. The first kappa shape index (κ1) is 8.04. The highest BCUT2D eigenvalue weighted by Gasteiger charge is 1.96. The molecule has 0 amide bonds. The Balaban J connectivity index is 3.33. The number of terminal acetylenes is 1. The molecule has 0 aliphatic rings. The van der Waals surface area contributed by atoms with E-state index < -0.39 is 0 Å². The molecule has 0 saturated carbocycles. The Bertz CT molecular complexity index is 361. The largest absolute Gasteiger partial charge is 0.298 e. The number of carbonyl (C=O) groups excluding carboxylic acids is 1. The van der Waals surface area contributed by atoms with Crippen molar-refractivity contribution in [1.29, 1.82) is 5.26 Å². The molecule has 0 atom stereocenters. The average molecular weight is 155 g/mol. The molecule has 0 fully saturated rings. The molecule has 2 nitrogen and oxygen atoms in total. The molecule has 0 spiro atoms. The van der Waals surface area contributed by atoms with Crippen LogP contribution in [0.15, 0.2) is 18.2 Å². The van der Waals surface area contributed by atoms with Crippen LogP contribution in [0.1, 0.15) is 21.5 Å². The van der Waals surface area contributed by atoms with Crippen LogP contribution in [0.2, 0.25) is 0 Å². The normalized spacial score (nSPS) is 8.17. The van der Waals surface area contributed by atoms with Gasteiger partial charge in [-0.15, -0.1) is 6.42 Å². The third kappa shape index (κ3) is 1.51. The molecule has 0 aliphatic carbocycles. The lowest BCUT2D eigenvalue weighted by atomic mass is 10.1. The number of hydrogen-bond acceptors (Lipinski definition) is 2. The number of aldehydes is 1. The van der Waals surface area contributed by atoms with Gasteiger partial charge in [0.2, 0.25) is 0 Å². The van der Waals surface area contributed by atoms with Gasteiger partial charge in [-0.2, -0.15) is 5.26 Å². The van der Waals surface area contributed by atoms with Gasteiger partial charge in [0.1, 0.15) is 6.29 Å². The van der Waals surface area contributed by atoms with Crippen LogP contribution < -0.4 is 0 Å². The van der Waals surface area contributed by atoms with Gasteiger partial charge in [0.05, 0.1) is 11.6 Å².